The molecule has 0 aliphatic heterocycles. The maximum Gasteiger partial charge on any atom is 0.422 e. The van der Waals surface area contributed by atoms with Crippen LogP contribution in [0.5, 0.6) is 0 Å². The van der Waals surface area contributed by atoms with E-state index in [1.165, 1.54) is 6.92 Å². The second kappa shape index (κ2) is 2.65. The third-order valence-electron chi connectivity index (χ3n) is 1.26. The molecule has 1 rings (SSSR count). The van der Waals surface area contributed by atoms with Gasteiger partial charge in [-0.05, 0) is 6.92 Å². The molecule has 0 aliphatic rings. The summed E-state index contributed by atoms with van der Waals surface area (Å²) >= 11 is 0. The van der Waals surface area contributed by atoms with E-state index in [0.29, 0.717) is 5.69 Å². The molecule has 0 spiro atoms. The van der Waals surface area contributed by atoms with Gasteiger partial charge in [0, 0.05) is 11.8 Å². The quantitative estimate of drug-likeness (QED) is 0.542. The van der Waals surface area contributed by atoms with E-state index >= 15 is 0 Å². The van der Waals surface area contributed by atoms with Gasteiger partial charge in [0.1, 0.15) is 0 Å². The highest BCUT2D eigenvalue weighted by Crippen LogP contribution is 1.78. The van der Waals surface area contributed by atoms with Crippen molar-refractivity contribution in [1.29, 1.82) is 0 Å². The Labute approximate surface area is 66.1 Å². The Morgan fingerprint density at radius 2 is 2.17 bits per heavy atom. The molecule has 0 unspecified atom stereocenters. The highest BCUT2D eigenvalue weighted by molar-refractivity contribution is 5.67. The van der Waals surface area contributed by atoms with E-state index in [9.17, 15) is 14.4 Å². The first-order chi connectivity index (χ1) is 5.52. The molecule has 12 heavy (non-hydrogen) atoms. The lowest BCUT2D eigenvalue weighted by Gasteiger charge is -1.96. The van der Waals surface area contributed by atoms with E-state index in [1.807, 2.05) is 0 Å². The normalized spacial score (nSPS) is 9.75. The highest BCUT2D eigenvalue weighted by Gasteiger charge is 2.07. The van der Waals surface area contributed by atoms with Crippen LogP contribution < -0.4 is 11.2 Å². The summed E-state index contributed by atoms with van der Waals surface area (Å²) in [4.78, 5) is 34.2. The topological polar surface area (TPSA) is 92.2 Å². The van der Waals surface area contributed by atoms with Gasteiger partial charge in [-0.25, -0.2) is 9.59 Å². The lowest BCUT2D eigenvalue weighted by molar-refractivity contribution is 0.194. The van der Waals surface area contributed by atoms with Crippen LogP contribution in [-0.4, -0.2) is 20.8 Å². The Hall–Kier alpha value is -1.85. The lowest BCUT2D eigenvalue weighted by atomic mass is 10.4. The summed E-state index contributed by atoms with van der Waals surface area (Å²) in [6.07, 6.45) is -1.58. The first kappa shape index (κ1) is 8.25. The fourth-order valence-corrected chi connectivity index (χ4v) is 0.792. The molecule has 0 aromatic carbocycles. The number of nitrogens with one attached hydrogen (secondary N) is 1. The maximum atomic E-state index is 10.9. The summed E-state index contributed by atoms with van der Waals surface area (Å²) in [7, 11) is 0. The van der Waals surface area contributed by atoms with E-state index in [4.69, 9.17) is 5.11 Å². The Bertz CT molecular complexity index is 397. The first-order valence-electron chi connectivity index (χ1n) is 3.08. The molecule has 2 N–H and O–H groups in total. The van der Waals surface area contributed by atoms with E-state index in [2.05, 4.69) is 4.98 Å². The molecule has 0 amide bonds. The highest BCUT2D eigenvalue weighted by atomic mass is 16.4. The third kappa shape index (κ3) is 1.26. The van der Waals surface area contributed by atoms with Gasteiger partial charge in [-0.2, -0.15) is 4.57 Å². The molecule has 6 nitrogen and oxygen atoms in total. The van der Waals surface area contributed by atoms with Crippen LogP contribution in [0.15, 0.2) is 15.7 Å². The van der Waals surface area contributed by atoms with Crippen molar-refractivity contribution in [2.24, 2.45) is 0 Å². The van der Waals surface area contributed by atoms with Crippen LogP contribution in [0.2, 0.25) is 0 Å². The van der Waals surface area contributed by atoms with Crippen LogP contribution in [0.3, 0.4) is 0 Å². The second-order valence-electron chi connectivity index (χ2n) is 2.21. The molecule has 1 aromatic heterocycles. The molecular formula is C6H6N2O4. The number of H-pyrrole nitrogens is 1. The van der Waals surface area contributed by atoms with Gasteiger partial charge in [-0.3, -0.25) is 4.79 Å². The molecule has 6 heteroatoms. The molecule has 0 aliphatic carbocycles. The van der Waals surface area contributed by atoms with Crippen molar-refractivity contribution in [3.8, 4) is 0 Å². The molecule has 0 fully saturated rings. The number of rotatable bonds is 0. The number of hydrogen-bond acceptors (Lipinski definition) is 3. The van der Waals surface area contributed by atoms with Crippen molar-refractivity contribution in [3.05, 3.63) is 32.6 Å². The zero-order valence-electron chi connectivity index (χ0n) is 6.20. The summed E-state index contributed by atoms with van der Waals surface area (Å²) in [6, 6.07) is 1.04. The van der Waals surface area contributed by atoms with Gasteiger partial charge in [-0.15, -0.1) is 0 Å². The summed E-state index contributed by atoms with van der Waals surface area (Å²) in [5.74, 6) is 0. The van der Waals surface area contributed by atoms with Crippen molar-refractivity contribution in [2.45, 2.75) is 6.92 Å². The van der Waals surface area contributed by atoms with Crippen LogP contribution >= 0.6 is 0 Å². The largest absolute Gasteiger partial charge is 0.464 e. The number of carboxylic acid groups (broad SMARTS) is 1. The summed E-state index contributed by atoms with van der Waals surface area (Å²) in [5, 5.41) is 8.38. The molecule has 1 aromatic rings. The minimum atomic E-state index is -1.58. The van der Waals surface area contributed by atoms with Crippen LogP contribution in [-0.2, 0) is 0 Å². The molecule has 0 atom stereocenters. The van der Waals surface area contributed by atoms with Crippen molar-refractivity contribution < 1.29 is 9.90 Å². The van der Waals surface area contributed by atoms with E-state index < -0.39 is 17.3 Å². The SMILES string of the molecule is Cc1cc(=O)n(C(=O)O)c(=O)[nH]1. The van der Waals surface area contributed by atoms with Gasteiger partial charge in [0.2, 0.25) is 0 Å². The molecule has 0 bridgehead atoms. The van der Waals surface area contributed by atoms with Gasteiger partial charge in [0.15, 0.2) is 0 Å². The fourth-order valence-electron chi connectivity index (χ4n) is 0.792. The van der Waals surface area contributed by atoms with Crippen molar-refractivity contribution >= 4 is 6.09 Å². The Morgan fingerprint density at radius 3 is 2.58 bits per heavy atom. The Morgan fingerprint density at radius 1 is 1.58 bits per heavy atom. The summed E-state index contributed by atoms with van der Waals surface area (Å²) in [6.45, 7) is 1.50. The summed E-state index contributed by atoms with van der Waals surface area (Å²) < 4.78 is 0.104. The van der Waals surface area contributed by atoms with Crippen LogP contribution in [0.25, 0.3) is 0 Å². The second-order valence-corrected chi connectivity index (χ2v) is 2.21. The van der Waals surface area contributed by atoms with Gasteiger partial charge in [0.05, 0.1) is 0 Å². The minimum Gasteiger partial charge on any atom is -0.464 e. The van der Waals surface area contributed by atoms with Crippen LogP contribution in [0, 0.1) is 6.92 Å². The lowest BCUT2D eigenvalue weighted by Crippen LogP contribution is -2.39. The van der Waals surface area contributed by atoms with Crippen molar-refractivity contribution in [1.82, 2.24) is 9.55 Å². The number of aromatic nitrogens is 2. The Kier molecular flexibility index (Phi) is 1.82. The maximum absolute atomic E-state index is 10.9. The average molecular weight is 170 g/mol. The van der Waals surface area contributed by atoms with Crippen molar-refractivity contribution in [3.63, 3.8) is 0 Å². The number of carbonyl (C=O) groups is 1. The van der Waals surface area contributed by atoms with Crippen LogP contribution in [0.1, 0.15) is 5.69 Å². The van der Waals surface area contributed by atoms with Gasteiger partial charge in [0.25, 0.3) is 5.56 Å². The van der Waals surface area contributed by atoms with Crippen LogP contribution in [0.4, 0.5) is 4.79 Å². The smallest absolute Gasteiger partial charge is 0.422 e. The van der Waals surface area contributed by atoms with Crippen molar-refractivity contribution in [2.75, 3.05) is 0 Å². The molecule has 0 radical (unpaired) electrons. The number of hydrogen-bond donors (Lipinski definition) is 2. The fraction of sp³-hybridized carbons (Fsp3) is 0.167. The number of nitrogens with zero attached hydrogens (tertiary/aromatic N) is 1. The standard InChI is InChI=1S/C6H6N2O4/c1-3-2-4(9)8(6(11)12)5(10)7-3/h2H,1H3,(H,7,10)(H,11,12). The molecule has 64 valence electrons. The monoisotopic (exact) mass is 170 g/mol. The van der Waals surface area contributed by atoms with E-state index in [0.717, 1.165) is 6.07 Å². The Balaban J connectivity index is 3.61. The molecule has 1 heterocycles. The number of aromatic amines is 1. The predicted octanol–water partition coefficient (Wildman–Crippen LogP) is -0.629. The predicted molar refractivity (Wildman–Crippen MR) is 39.5 cm³/mol. The molecule has 0 saturated carbocycles. The minimum absolute atomic E-state index is 0.104. The first-order valence-corrected chi connectivity index (χ1v) is 3.08. The van der Waals surface area contributed by atoms with E-state index in [1.54, 1.807) is 0 Å². The zero-order valence-corrected chi connectivity index (χ0v) is 6.20. The van der Waals surface area contributed by atoms with E-state index in [-0.39, 0.29) is 4.57 Å². The average Bonchev–Trinajstić information content (AvgIpc) is 1.82. The van der Waals surface area contributed by atoms with Gasteiger partial charge < -0.3 is 10.1 Å². The van der Waals surface area contributed by atoms with Gasteiger partial charge in [-0.1, -0.05) is 0 Å². The molecular weight excluding hydrogens is 164 g/mol. The zero-order chi connectivity index (χ0) is 9.30. The molecule has 0 saturated heterocycles. The summed E-state index contributed by atoms with van der Waals surface area (Å²) in [5.41, 5.74) is -1.45. The number of aryl methyl sites for hydroxylation is 1. The van der Waals surface area contributed by atoms with Gasteiger partial charge >= 0.3 is 11.8 Å². The third-order valence-corrected chi connectivity index (χ3v) is 1.26.